The lowest BCUT2D eigenvalue weighted by Gasteiger charge is -2.57. The van der Waals surface area contributed by atoms with Gasteiger partial charge < -0.3 is 19.1 Å². The molecule has 37 heavy (non-hydrogen) atoms. The molecule has 1 amide bonds. The van der Waals surface area contributed by atoms with Crippen molar-refractivity contribution in [3.8, 4) is 17.2 Å². The number of rotatable bonds is 7. The van der Waals surface area contributed by atoms with Gasteiger partial charge in [0, 0.05) is 18.7 Å². The van der Waals surface area contributed by atoms with Gasteiger partial charge in [0.25, 0.3) is 5.69 Å². The topological polar surface area (TPSA) is 91.1 Å². The van der Waals surface area contributed by atoms with Crippen LogP contribution in [0.15, 0.2) is 36.4 Å². The molecule has 4 saturated carbocycles. The fraction of sp³-hybridized carbons (Fsp3) is 0.552. The van der Waals surface area contributed by atoms with Gasteiger partial charge in [-0.3, -0.25) is 14.9 Å². The summed E-state index contributed by atoms with van der Waals surface area (Å²) in [5.41, 5.74) is 1.92. The van der Waals surface area contributed by atoms with Gasteiger partial charge in [-0.05, 0) is 98.1 Å². The SMILES string of the molecule is COc1cc2c(cc1OC)[C@H](COc1ccc([N+](=O)[O-])cc1)N(C(=O)C13CC4CC(CC(C4)C1)C3)CC2. The van der Waals surface area contributed by atoms with Crippen LogP contribution in [0.2, 0.25) is 0 Å². The Balaban J connectivity index is 1.32. The highest BCUT2D eigenvalue weighted by Crippen LogP contribution is 2.61. The monoisotopic (exact) mass is 506 g/mol. The summed E-state index contributed by atoms with van der Waals surface area (Å²) < 4.78 is 17.3. The molecule has 2 aromatic carbocycles. The summed E-state index contributed by atoms with van der Waals surface area (Å²) in [5, 5.41) is 11.0. The highest BCUT2D eigenvalue weighted by molar-refractivity contribution is 5.84. The first kappa shape index (κ1) is 24.1. The molecule has 7 rings (SSSR count). The van der Waals surface area contributed by atoms with Gasteiger partial charge in [-0.1, -0.05) is 0 Å². The number of hydrogen-bond acceptors (Lipinski definition) is 6. The lowest BCUT2D eigenvalue weighted by molar-refractivity contribution is -0.384. The molecule has 0 N–H and O–H groups in total. The number of carbonyl (C=O) groups is 1. The predicted molar refractivity (Wildman–Crippen MR) is 137 cm³/mol. The number of methoxy groups -OCH3 is 2. The van der Waals surface area contributed by atoms with Gasteiger partial charge in [-0.15, -0.1) is 0 Å². The zero-order chi connectivity index (χ0) is 25.7. The third-order valence-electron chi connectivity index (χ3n) is 9.21. The van der Waals surface area contributed by atoms with Gasteiger partial charge in [0.1, 0.15) is 12.4 Å². The molecule has 2 aromatic rings. The molecular weight excluding hydrogens is 472 g/mol. The summed E-state index contributed by atoms with van der Waals surface area (Å²) >= 11 is 0. The third kappa shape index (κ3) is 4.20. The Kier molecular flexibility index (Phi) is 6.00. The molecule has 1 atom stereocenters. The van der Waals surface area contributed by atoms with Gasteiger partial charge in [-0.2, -0.15) is 0 Å². The normalized spacial score (nSPS) is 29.5. The van der Waals surface area contributed by atoms with Crippen LogP contribution in [0.25, 0.3) is 0 Å². The molecule has 0 radical (unpaired) electrons. The van der Waals surface area contributed by atoms with Crippen molar-refractivity contribution in [2.75, 3.05) is 27.4 Å². The first-order valence-corrected chi connectivity index (χ1v) is 13.3. The summed E-state index contributed by atoms with van der Waals surface area (Å²) in [7, 11) is 3.25. The van der Waals surface area contributed by atoms with Crippen molar-refractivity contribution in [2.24, 2.45) is 23.2 Å². The summed E-state index contributed by atoms with van der Waals surface area (Å²) in [5.74, 6) is 4.19. The van der Waals surface area contributed by atoms with Crippen molar-refractivity contribution in [3.05, 3.63) is 57.6 Å². The van der Waals surface area contributed by atoms with Crippen molar-refractivity contribution in [3.63, 3.8) is 0 Å². The summed E-state index contributed by atoms with van der Waals surface area (Å²) in [6, 6.07) is 9.83. The first-order chi connectivity index (χ1) is 17.9. The van der Waals surface area contributed by atoms with Crippen LogP contribution in [0, 0.1) is 33.3 Å². The minimum atomic E-state index is -0.424. The fourth-order valence-corrected chi connectivity index (χ4v) is 7.97. The molecule has 8 heteroatoms. The van der Waals surface area contributed by atoms with Crippen LogP contribution in [0.5, 0.6) is 17.2 Å². The van der Waals surface area contributed by atoms with Crippen LogP contribution in [0.1, 0.15) is 55.7 Å². The van der Waals surface area contributed by atoms with Crippen molar-refractivity contribution in [2.45, 2.75) is 51.0 Å². The van der Waals surface area contributed by atoms with E-state index in [9.17, 15) is 14.9 Å². The van der Waals surface area contributed by atoms with E-state index in [0.717, 1.165) is 36.8 Å². The predicted octanol–water partition coefficient (Wildman–Crippen LogP) is 5.33. The van der Waals surface area contributed by atoms with E-state index >= 15 is 0 Å². The van der Waals surface area contributed by atoms with E-state index in [1.807, 2.05) is 12.1 Å². The van der Waals surface area contributed by atoms with Crippen LogP contribution >= 0.6 is 0 Å². The number of benzene rings is 2. The van der Waals surface area contributed by atoms with Gasteiger partial charge in [0.15, 0.2) is 11.5 Å². The summed E-state index contributed by atoms with van der Waals surface area (Å²) in [6.45, 7) is 0.899. The van der Waals surface area contributed by atoms with Crippen LogP contribution in [-0.2, 0) is 11.2 Å². The maximum absolute atomic E-state index is 14.4. The number of nitrogens with zero attached hydrogens (tertiary/aromatic N) is 2. The van der Waals surface area contributed by atoms with Crippen LogP contribution < -0.4 is 14.2 Å². The zero-order valence-electron chi connectivity index (χ0n) is 21.5. The van der Waals surface area contributed by atoms with Crippen LogP contribution in [0.4, 0.5) is 5.69 Å². The molecule has 4 aliphatic carbocycles. The molecule has 5 aliphatic rings. The highest BCUT2D eigenvalue weighted by atomic mass is 16.6. The zero-order valence-corrected chi connectivity index (χ0v) is 21.5. The lowest BCUT2D eigenvalue weighted by Crippen LogP contribution is -2.56. The maximum atomic E-state index is 14.4. The Hall–Kier alpha value is -3.29. The maximum Gasteiger partial charge on any atom is 0.269 e. The Labute approximate surface area is 217 Å². The quantitative estimate of drug-likeness (QED) is 0.372. The molecule has 1 heterocycles. The van der Waals surface area contributed by atoms with E-state index in [0.29, 0.717) is 41.5 Å². The number of nitro groups is 1. The van der Waals surface area contributed by atoms with Crippen LogP contribution in [-0.4, -0.2) is 43.1 Å². The Morgan fingerprint density at radius 3 is 2.16 bits per heavy atom. The fourth-order valence-electron chi connectivity index (χ4n) is 7.97. The van der Waals surface area contributed by atoms with E-state index in [2.05, 4.69) is 4.90 Å². The second kappa shape index (κ2) is 9.23. The molecule has 0 aromatic heterocycles. The average molecular weight is 507 g/mol. The molecule has 0 saturated heterocycles. The number of nitro benzene ring substituents is 1. The number of carbonyl (C=O) groups excluding carboxylic acids is 1. The molecular formula is C29H34N2O6. The van der Waals surface area contributed by atoms with Gasteiger partial charge in [0.05, 0.1) is 30.6 Å². The molecule has 4 bridgehead atoms. The van der Waals surface area contributed by atoms with E-state index < -0.39 is 4.92 Å². The smallest absolute Gasteiger partial charge is 0.269 e. The number of non-ortho nitro benzene ring substituents is 1. The Morgan fingerprint density at radius 1 is 1.00 bits per heavy atom. The number of hydrogen-bond donors (Lipinski definition) is 0. The van der Waals surface area contributed by atoms with Gasteiger partial charge in [-0.25, -0.2) is 0 Å². The molecule has 8 nitrogen and oxygen atoms in total. The second-order valence-corrected chi connectivity index (χ2v) is 11.4. The number of fused-ring (bicyclic) bond motifs is 1. The molecule has 4 fully saturated rings. The third-order valence-corrected chi connectivity index (χ3v) is 9.21. The van der Waals surface area contributed by atoms with E-state index in [4.69, 9.17) is 14.2 Å². The first-order valence-electron chi connectivity index (χ1n) is 13.3. The van der Waals surface area contributed by atoms with Gasteiger partial charge >= 0.3 is 0 Å². The highest BCUT2D eigenvalue weighted by Gasteiger charge is 2.56. The second-order valence-electron chi connectivity index (χ2n) is 11.4. The molecule has 0 unspecified atom stereocenters. The van der Waals surface area contributed by atoms with Crippen molar-refractivity contribution in [1.82, 2.24) is 4.90 Å². The van der Waals surface area contributed by atoms with E-state index in [1.54, 1.807) is 26.4 Å². The van der Waals surface area contributed by atoms with Crippen LogP contribution in [0.3, 0.4) is 0 Å². The van der Waals surface area contributed by atoms with E-state index in [-0.39, 0.29) is 29.7 Å². The molecule has 1 aliphatic heterocycles. The molecule has 0 spiro atoms. The Morgan fingerprint density at radius 2 is 1.59 bits per heavy atom. The summed E-state index contributed by atoms with van der Waals surface area (Å²) in [4.78, 5) is 27.1. The van der Waals surface area contributed by atoms with Crippen molar-refractivity contribution < 1.29 is 23.9 Å². The van der Waals surface area contributed by atoms with Crippen molar-refractivity contribution in [1.29, 1.82) is 0 Å². The van der Waals surface area contributed by atoms with Crippen molar-refractivity contribution >= 4 is 11.6 Å². The van der Waals surface area contributed by atoms with E-state index in [1.165, 1.54) is 31.4 Å². The largest absolute Gasteiger partial charge is 0.493 e. The molecule has 196 valence electrons. The number of ether oxygens (including phenoxy) is 3. The standard InChI is InChI=1S/C29H34N2O6/c1-35-26-12-21-7-8-30(28(32)29-14-18-9-19(15-29)11-20(10-18)16-29)25(24(21)13-27(26)36-2)17-37-23-5-3-22(4-6-23)31(33)34/h3-6,12-13,18-20,25H,7-11,14-17H2,1-2H3/t18?,19?,20?,25-,29?/m0/s1. The minimum absolute atomic E-state index is 0.0193. The minimum Gasteiger partial charge on any atom is -0.493 e. The summed E-state index contributed by atoms with van der Waals surface area (Å²) in [6.07, 6.45) is 7.67. The average Bonchev–Trinajstić information content (AvgIpc) is 2.89. The Bertz CT molecular complexity index is 1170. The number of amides is 1. The van der Waals surface area contributed by atoms with Gasteiger partial charge in [0.2, 0.25) is 5.91 Å². The lowest BCUT2D eigenvalue weighted by atomic mass is 9.49.